The number of halogens is 2. The lowest BCUT2D eigenvalue weighted by molar-refractivity contribution is 0.103. The average Bonchev–Trinajstić information content (AvgIpc) is 2.33. The van der Waals surface area contributed by atoms with E-state index in [9.17, 15) is 15.0 Å². The Labute approximate surface area is 113 Å². The van der Waals surface area contributed by atoms with E-state index in [4.69, 9.17) is 23.2 Å². The molecule has 0 amide bonds. The average molecular weight is 283 g/mol. The molecular formula is C13H8Cl2O3. The SMILES string of the molecule is O=C(c1cccc(Cl)c1)c1cc(Cl)c(O)cc1O. The van der Waals surface area contributed by atoms with Gasteiger partial charge in [-0.05, 0) is 18.2 Å². The molecule has 3 nitrogen and oxygen atoms in total. The van der Waals surface area contributed by atoms with Gasteiger partial charge in [-0.15, -0.1) is 0 Å². The first-order valence-corrected chi connectivity index (χ1v) is 5.76. The van der Waals surface area contributed by atoms with Crippen molar-refractivity contribution >= 4 is 29.0 Å². The number of carbonyl (C=O) groups is 1. The summed E-state index contributed by atoms with van der Waals surface area (Å²) in [6.07, 6.45) is 0. The summed E-state index contributed by atoms with van der Waals surface area (Å²) in [5, 5.41) is 19.4. The van der Waals surface area contributed by atoms with E-state index in [2.05, 4.69) is 0 Å². The summed E-state index contributed by atoms with van der Waals surface area (Å²) >= 11 is 11.5. The van der Waals surface area contributed by atoms with Gasteiger partial charge in [0.25, 0.3) is 0 Å². The fourth-order valence-electron chi connectivity index (χ4n) is 1.52. The summed E-state index contributed by atoms with van der Waals surface area (Å²) in [5.41, 5.74) is 0.347. The number of benzene rings is 2. The molecule has 0 aliphatic rings. The van der Waals surface area contributed by atoms with E-state index < -0.39 is 5.78 Å². The third kappa shape index (κ3) is 2.42. The zero-order chi connectivity index (χ0) is 13.3. The second kappa shape index (κ2) is 4.88. The fourth-order valence-corrected chi connectivity index (χ4v) is 1.87. The van der Waals surface area contributed by atoms with Crippen molar-refractivity contribution in [1.29, 1.82) is 0 Å². The highest BCUT2D eigenvalue weighted by Crippen LogP contribution is 2.32. The van der Waals surface area contributed by atoms with E-state index in [1.807, 2.05) is 0 Å². The Morgan fingerprint density at radius 3 is 2.39 bits per heavy atom. The van der Waals surface area contributed by atoms with Crippen molar-refractivity contribution < 1.29 is 15.0 Å². The second-order valence-electron chi connectivity index (χ2n) is 3.66. The molecule has 0 aliphatic carbocycles. The van der Waals surface area contributed by atoms with Gasteiger partial charge in [0, 0.05) is 16.7 Å². The van der Waals surface area contributed by atoms with E-state index in [0.29, 0.717) is 10.6 Å². The molecule has 5 heteroatoms. The van der Waals surface area contributed by atoms with E-state index in [1.165, 1.54) is 12.1 Å². The molecule has 0 saturated heterocycles. The van der Waals surface area contributed by atoms with Crippen molar-refractivity contribution in [2.24, 2.45) is 0 Å². The molecule has 0 unspecified atom stereocenters. The normalized spacial score (nSPS) is 10.3. The number of hydrogen-bond acceptors (Lipinski definition) is 3. The molecule has 0 aromatic heterocycles. The van der Waals surface area contributed by atoms with Crippen LogP contribution < -0.4 is 0 Å². The highest BCUT2D eigenvalue weighted by atomic mass is 35.5. The molecule has 0 aliphatic heterocycles. The molecule has 0 bridgehead atoms. The summed E-state index contributed by atoms with van der Waals surface area (Å²) in [7, 11) is 0. The lowest BCUT2D eigenvalue weighted by Gasteiger charge is -2.06. The van der Waals surface area contributed by atoms with Gasteiger partial charge in [0.2, 0.25) is 0 Å². The number of phenolic OH excluding ortho intramolecular Hbond substituents is 2. The van der Waals surface area contributed by atoms with Gasteiger partial charge in [-0.1, -0.05) is 35.3 Å². The van der Waals surface area contributed by atoms with Crippen molar-refractivity contribution in [2.45, 2.75) is 0 Å². The first-order valence-electron chi connectivity index (χ1n) is 5.01. The number of phenols is 2. The molecule has 92 valence electrons. The van der Waals surface area contributed by atoms with Crippen LogP contribution in [0.15, 0.2) is 36.4 Å². The van der Waals surface area contributed by atoms with Crippen LogP contribution in [0.25, 0.3) is 0 Å². The van der Waals surface area contributed by atoms with Gasteiger partial charge in [-0.25, -0.2) is 0 Å². The summed E-state index contributed by atoms with van der Waals surface area (Å²) in [5.74, 6) is -1.03. The number of ketones is 1. The van der Waals surface area contributed by atoms with Gasteiger partial charge >= 0.3 is 0 Å². The quantitative estimate of drug-likeness (QED) is 0.827. The van der Waals surface area contributed by atoms with Crippen molar-refractivity contribution in [1.82, 2.24) is 0 Å². The topological polar surface area (TPSA) is 57.5 Å². The third-order valence-corrected chi connectivity index (χ3v) is 2.93. The van der Waals surface area contributed by atoms with E-state index in [0.717, 1.165) is 6.07 Å². The van der Waals surface area contributed by atoms with Crippen LogP contribution in [0, 0.1) is 0 Å². The molecule has 0 radical (unpaired) electrons. The van der Waals surface area contributed by atoms with Gasteiger partial charge < -0.3 is 10.2 Å². The molecular weight excluding hydrogens is 275 g/mol. The first-order chi connectivity index (χ1) is 8.49. The molecule has 2 rings (SSSR count). The predicted molar refractivity (Wildman–Crippen MR) is 69.7 cm³/mol. The maximum Gasteiger partial charge on any atom is 0.196 e. The minimum atomic E-state index is -0.420. The van der Waals surface area contributed by atoms with Crippen LogP contribution in [0.5, 0.6) is 11.5 Å². The number of aromatic hydroxyl groups is 2. The van der Waals surface area contributed by atoms with Crippen molar-refractivity contribution in [3.05, 3.63) is 57.6 Å². The first kappa shape index (κ1) is 12.7. The van der Waals surface area contributed by atoms with E-state index in [-0.39, 0.29) is 22.1 Å². The highest BCUT2D eigenvalue weighted by molar-refractivity contribution is 6.33. The molecule has 0 atom stereocenters. The van der Waals surface area contributed by atoms with Crippen LogP contribution in [0.1, 0.15) is 15.9 Å². The minimum Gasteiger partial charge on any atom is -0.507 e. The Bertz CT molecular complexity index is 624. The van der Waals surface area contributed by atoms with Crippen molar-refractivity contribution in [2.75, 3.05) is 0 Å². The minimum absolute atomic E-state index is 0.00169. The van der Waals surface area contributed by atoms with Crippen LogP contribution >= 0.6 is 23.2 Å². The van der Waals surface area contributed by atoms with Crippen LogP contribution in [0.4, 0.5) is 0 Å². The molecule has 0 fully saturated rings. The molecule has 2 aromatic rings. The Hall–Kier alpha value is -1.71. The molecule has 2 N–H and O–H groups in total. The Kier molecular flexibility index (Phi) is 3.45. The number of carbonyl (C=O) groups excluding carboxylic acids is 1. The highest BCUT2D eigenvalue weighted by Gasteiger charge is 2.16. The molecule has 0 spiro atoms. The molecule has 0 saturated carbocycles. The van der Waals surface area contributed by atoms with Gasteiger partial charge in [0.1, 0.15) is 11.5 Å². The van der Waals surface area contributed by atoms with Crippen molar-refractivity contribution in [3.8, 4) is 11.5 Å². The Morgan fingerprint density at radius 2 is 1.72 bits per heavy atom. The van der Waals surface area contributed by atoms with Crippen LogP contribution in [0.2, 0.25) is 10.0 Å². The maximum atomic E-state index is 12.1. The summed E-state index contributed by atoms with van der Waals surface area (Å²) in [6.45, 7) is 0. The standard InChI is InChI=1S/C13H8Cl2O3/c14-8-3-1-2-7(4-8)13(18)9-5-10(15)12(17)6-11(9)16/h1-6,16-17H. The van der Waals surface area contributed by atoms with Gasteiger partial charge in [-0.3, -0.25) is 4.79 Å². The van der Waals surface area contributed by atoms with E-state index >= 15 is 0 Å². The monoisotopic (exact) mass is 282 g/mol. The smallest absolute Gasteiger partial charge is 0.196 e. The molecule has 0 heterocycles. The van der Waals surface area contributed by atoms with Crippen LogP contribution in [0.3, 0.4) is 0 Å². The number of rotatable bonds is 2. The lowest BCUT2D eigenvalue weighted by atomic mass is 10.0. The summed E-state index contributed by atoms with van der Waals surface area (Å²) in [6, 6.07) is 8.59. The Balaban J connectivity index is 2.49. The molecule has 18 heavy (non-hydrogen) atoms. The van der Waals surface area contributed by atoms with Gasteiger partial charge in [0.15, 0.2) is 5.78 Å². The van der Waals surface area contributed by atoms with Gasteiger partial charge in [-0.2, -0.15) is 0 Å². The van der Waals surface area contributed by atoms with E-state index in [1.54, 1.807) is 18.2 Å². The lowest BCUT2D eigenvalue weighted by Crippen LogP contribution is -2.01. The predicted octanol–water partition coefficient (Wildman–Crippen LogP) is 3.64. The maximum absolute atomic E-state index is 12.1. The van der Waals surface area contributed by atoms with Gasteiger partial charge in [0.05, 0.1) is 10.6 Å². The second-order valence-corrected chi connectivity index (χ2v) is 4.50. The van der Waals surface area contributed by atoms with Crippen LogP contribution in [-0.2, 0) is 0 Å². The van der Waals surface area contributed by atoms with Crippen molar-refractivity contribution in [3.63, 3.8) is 0 Å². The van der Waals surface area contributed by atoms with Crippen LogP contribution in [-0.4, -0.2) is 16.0 Å². The summed E-state index contributed by atoms with van der Waals surface area (Å²) in [4.78, 5) is 12.1. The largest absolute Gasteiger partial charge is 0.507 e. The zero-order valence-corrected chi connectivity index (χ0v) is 10.5. The number of hydrogen-bond donors (Lipinski definition) is 2. The Morgan fingerprint density at radius 1 is 1.00 bits per heavy atom. The third-order valence-electron chi connectivity index (χ3n) is 2.40. The summed E-state index contributed by atoms with van der Waals surface area (Å²) < 4.78 is 0. The molecule has 2 aromatic carbocycles. The zero-order valence-electron chi connectivity index (χ0n) is 9.02. The fraction of sp³-hybridized carbons (Fsp3) is 0.